The Morgan fingerprint density at radius 3 is 2.38 bits per heavy atom. The van der Waals surface area contributed by atoms with Gasteiger partial charge in [0.25, 0.3) is 0 Å². The fraction of sp³-hybridized carbons (Fsp3) is 0.739. The second kappa shape index (κ2) is 10.0. The van der Waals surface area contributed by atoms with Crippen LogP contribution in [0.25, 0.3) is 0 Å². The highest BCUT2D eigenvalue weighted by atomic mass is 32.2. The minimum Gasteiger partial charge on any atom is -0.444 e. The zero-order valence-electron chi connectivity index (χ0n) is 21.5. The average Bonchev–Trinajstić information content (AvgIpc) is 3.26. The SMILES string of the molecule is CC(NC(=O)OC(C)(C)C)C(=O)N1CCC(CSc2ncc(B3OC(C)(C)C(C)(C)O3)cn2)C1. The minimum atomic E-state index is -0.632. The van der Waals surface area contributed by atoms with Crippen molar-refractivity contribution in [2.24, 2.45) is 5.92 Å². The smallest absolute Gasteiger partial charge is 0.444 e. The lowest BCUT2D eigenvalue weighted by Gasteiger charge is -2.32. The van der Waals surface area contributed by atoms with Crippen LogP contribution in [0.2, 0.25) is 0 Å². The molecule has 3 heterocycles. The fourth-order valence-electron chi connectivity index (χ4n) is 3.68. The van der Waals surface area contributed by atoms with Crippen LogP contribution in [0, 0.1) is 5.92 Å². The normalized spacial score (nSPS) is 22.5. The number of thioether (sulfide) groups is 1. The van der Waals surface area contributed by atoms with Crippen molar-refractivity contribution < 1.29 is 23.6 Å². The van der Waals surface area contributed by atoms with Crippen LogP contribution in [0.3, 0.4) is 0 Å². The van der Waals surface area contributed by atoms with Crippen molar-refractivity contribution in [2.45, 2.75) is 89.8 Å². The van der Waals surface area contributed by atoms with E-state index in [1.165, 1.54) is 0 Å². The Kier molecular flexibility index (Phi) is 7.89. The van der Waals surface area contributed by atoms with Gasteiger partial charge in [0, 0.05) is 36.7 Å². The van der Waals surface area contributed by atoms with Gasteiger partial charge in [-0.1, -0.05) is 11.8 Å². The van der Waals surface area contributed by atoms with Crippen LogP contribution in [0.4, 0.5) is 4.79 Å². The second-order valence-electron chi connectivity index (χ2n) is 11.0. The molecule has 0 bridgehead atoms. The third kappa shape index (κ3) is 6.63. The van der Waals surface area contributed by atoms with E-state index in [9.17, 15) is 9.59 Å². The summed E-state index contributed by atoms with van der Waals surface area (Å²) in [5.74, 6) is 1.06. The summed E-state index contributed by atoms with van der Waals surface area (Å²) in [5.41, 5.74) is -0.617. The van der Waals surface area contributed by atoms with E-state index in [1.807, 2.05) is 27.7 Å². The van der Waals surface area contributed by atoms with Gasteiger partial charge >= 0.3 is 13.2 Å². The molecule has 0 aromatic carbocycles. The molecule has 2 atom stereocenters. The fourth-order valence-corrected chi connectivity index (χ4v) is 4.59. The summed E-state index contributed by atoms with van der Waals surface area (Å²) >= 11 is 1.58. The predicted octanol–water partition coefficient (Wildman–Crippen LogP) is 2.63. The number of rotatable bonds is 6. The van der Waals surface area contributed by atoms with Crippen molar-refractivity contribution in [3.8, 4) is 0 Å². The number of nitrogens with zero attached hydrogens (tertiary/aromatic N) is 3. The number of amides is 2. The highest BCUT2D eigenvalue weighted by Crippen LogP contribution is 2.36. The Bertz CT molecular complexity index is 874. The van der Waals surface area contributed by atoms with Crippen molar-refractivity contribution in [3.63, 3.8) is 0 Å². The van der Waals surface area contributed by atoms with Crippen LogP contribution in [0.1, 0.15) is 61.8 Å². The molecular weight excluding hydrogens is 455 g/mol. The number of nitrogens with one attached hydrogen (secondary N) is 1. The van der Waals surface area contributed by atoms with Crippen LogP contribution in [0.15, 0.2) is 17.6 Å². The zero-order valence-corrected chi connectivity index (χ0v) is 22.3. The quantitative estimate of drug-likeness (QED) is 0.367. The van der Waals surface area contributed by atoms with Gasteiger partial charge in [-0.2, -0.15) is 0 Å². The third-order valence-corrected chi connectivity index (χ3v) is 7.43. The number of alkyl carbamates (subject to hydrolysis) is 1. The van der Waals surface area contributed by atoms with E-state index < -0.39 is 36.1 Å². The van der Waals surface area contributed by atoms with Crippen molar-refractivity contribution in [2.75, 3.05) is 18.8 Å². The monoisotopic (exact) mass is 492 g/mol. The van der Waals surface area contributed by atoms with E-state index >= 15 is 0 Å². The molecule has 9 nitrogen and oxygen atoms in total. The van der Waals surface area contributed by atoms with Crippen LogP contribution >= 0.6 is 11.8 Å². The molecule has 34 heavy (non-hydrogen) atoms. The molecule has 0 aliphatic carbocycles. The molecule has 1 N–H and O–H groups in total. The van der Waals surface area contributed by atoms with Crippen LogP contribution in [0.5, 0.6) is 0 Å². The molecule has 2 fully saturated rings. The lowest BCUT2D eigenvalue weighted by molar-refractivity contribution is -0.132. The largest absolute Gasteiger partial charge is 0.498 e. The number of likely N-dealkylation sites (tertiary alicyclic amines) is 1. The van der Waals surface area contributed by atoms with Gasteiger partial charge in [-0.05, 0) is 67.7 Å². The standard InChI is InChI=1S/C23H37BN4O5S/c1-15(27-20(30)31-21(2,3)4)18(29)28-10-9-16(13-28)14-34-19-25-11-17(12-26-19)24-32-22(5,6)23(7,8)33-24/h11-12,15-16H,9-10,13-14H2,1-8H3,(H,27,30). The first-order valence-corrected chi connectivity index (χ1v) is 12.7. The first kappa shape index (κ1) is 26.8. The van der Waals surface area contributed by atoms with Gasteiger partial charge in [-0.15, -0.1) is 0 Å². The van der Waals surface area contributed by atoms with Gasteiger partial charge in [0.1, 0.15) is 11.6 Å². The number of carbonyl (C=O) groups excluding carboxylic acids is 2. The molecule has 1 aromatic heterocycles. The van der Waals surface area contributed by atoms with Gasteiger partial charge < -0.3 is 24.3 Å². The summed E-state index contributed by atoms with van der Waals surface area (Å²) in [6.07, 6.45) is 3.84. The number of hydrogen-bond donors (Lipinski definition) is 1. The molecule has 2 aliphatic heterocycles. The Morgan fingerprint density at radius 1 is 1.24 bits per heavy atom. The molecule has 2 amide bonds. The Labute approximate surface area is 207 Å². The average molecular weight is 492 g/mol. The highest BCUT2D eigenvalue weighted by Gasteiger charge is 2.52. The first-order valence-electron chi connectivity index (χ1n) is 11.8. The summed E-state index contributed by atoms with van der Waals surface area (Å²) in [7, 11) is -0.477. The second-order valence-corrected chi connectivity index (χ2v) is 12.0. The molecule has 0 saturated carbocycles. The van der Waals surface area contributed by atoms with Crippen molar-refractivity contribution in [3.05, 3.63) is 12.4 Å². The van der Waals surface area contributed by atoms with E-state index in [0.717, 1.165) is 17.6 Å². The number of ether oxygens (including phenoxy) is 1. The molecule has 3 rings (SSSR count). The predicted molar refractivity (Wildman–Crippen MR) is 132 cm³/mol. The zero-order chi connectivity index (χ0) is 25.3. The third-order valence-electron chi connectivity index (χ3n) is 6.32. The molecule has 2 aliphatic rings. The maximum absolute atomic E-state index is 12.7. The van der Waals surface area contributed by atoms with Gasteiger partial charge in [0.05, 0.1) is 11.2 Å². The van der Waals surface area contributed by atoms with E-state index in [1.54, 1.807) is 56.8 Å². The summed E-state index contributed by atoms with van der Waals surface area (Å²) in [4.78, 5) is 35.4. The number of hydrogen-bond acceptors (Lipinski definition) is 8. The van der Waals surface area contributed by atoms with Crippen LogP contribution < -0.4 is 10.8 Å². The summed E-state index contributed by atoms with van der Waals surface area (Å²) in [5, 5.41) is 3.31. The van der Waals surface area contributed by atoms with Gasteiger partial charge in [-0.25, -0.2) is 14.8 Å². The molecular formula is C23H37BN4O5S. The molecule has 1 aromatic rings. The van der Waals surface area contributed by atoms with Crippen LogP contribution in [-0.4, -0.2) is 75.7 Å². The highest BCUT2D eigenvalue weighted by molar-refractivity contribution is 7.99. The van der Waals surface area contributed by atoms with Gasteiger partial charge in [0.15, 0.2) is 5.16 Å². The molecule has 2 saturated heterocycles. The van der Waals surface area contributed by atoms with E-state index in [0.29, 0.717) is 24.2 Å². The van der Waals surface area contributed by atoms with Crippen molar-refractivity contribution in [1.82, 2.24) is 20.2 Å². The first-order chi connectivity index (χ1) is 15.7. The lowest BCUT2D eigenvalue weighted by Crippen LogP contribution is -2.47. The molecule has 0 radical (unpaired) electrons. The number of carbonyl (C=O) groups is 2. The minimum absolute atomic E-state index is 0.0959. The molecule has 188 valence electrons. The Balaban J connectivity index is 1.45. The summed E-state index contributed by atoms with van der Waals surface area (Å²) in [6.45, 7) is 16.4. The summed E-state index contributed by atoms with van der Waals surface area (Å²) < 4.78 is 17.3. The van der Waals surface area contributed by atoms with Gasteiger partial charge in [0.2, 0.25) is 5.91 Å². The lowest BCUT2D eigenvalue weighted by atomic mass is 9.81. The molecule has 11 heteroatoms. The van der Waals surface area contributed by atoms with E-state index in [-0.39, 0.29) is 5.91 Å². The van der Waals surface area contributed by atoms with Crippen molar-refractivity contribution >= 4 is 36.3 Å². The van der Waals surface area contributed by atoms with E-state index in [4.69, 9.17) is 14.0 Å². The van der Waals surface area contributed by atoms with Crippen LogP contribution in [-0.2, 0) is 18.8 Å². The Hall–Kier alpha value is -1.85. The maximum Gasteiger partial charge on any atom is 0.498 e. The number of aromatic nitrogens is 2. The topological polar surface area (TPSA) is 103 Å². The maximum atomic E-state index is 12.7. The van der Waals surface area contributed by atoms with Crippen molar-refractivity contribution in [1.29, 1.82) is 0 Å². The molecule has 2 unspecified atom stereocenters. The van der Waals surface area contributed by atoms with E-state index in [2.05, 4.69) is 15.3 Å². The molecule has 0 spiro atoms. The Morgan fingerprint density at radius 2 is 1.82 bits per heavy atom. The summed E-state index contributed by atoms with van der Waals surface area (Å²) in [6, 6.07) is -0.632. The van der Waals surface area contributed by atoms with Gasteiger partial charge in [-0.3, -0.25) is 4.79 Å².